The Kier molecular flexibility index (Phi) is 6.13. The van der Waals surface area contributed by atoms with E-state index in [4.69, 9.17) is 0 Å². The molecule has 0 unspecified atom stereocenters. The molecule has 2 N–H and O–H groups in total. The first-order chi connectivity index (χ1) is 15.1. The first-order valence-electron chi connectivity index (χ1n) is 9.35. The molecule has 4 rings (SSSR count). The normalized spacial score (nSPS) is 10.5. The van der Waals surface area contributed by atoms with Crippen LogP contribution >= 0.6 is 15.9 Å². The van der Waals surface area contributed by atoms with Crippen LogP contribution in [0.25, 0.3) is 5.82 Å². The molecule has 0 fully saturated rings. The number of halogens is 1. The molecule has 0 saturated carbocycles. The molecule has 154 valence electrons. The predicted octanol–water partition coefficient (Wildman–Crippen LogP) is 3.61. The summed E-state index contributed by atoms with van der Waals surface area (Å²) in [5, 5.41) is 13.2. The lowest BCUT2D eigenvalue weighted by Gasteiger charge is -2.09. The Balaban J connectivity index is 1.41. The number of amides is 2. The number of anilines is 1. The van der Waals surface area contributed by atoms with E-state index < -0.39 is 0 Å². The zero-order chi connectivity index (χ0) is 21.6. The first-order valence-corrected chi connectivity index (χ1v) is 10.1. The highest BCUT2D eigenvalue weighted by molar-refractivity contribution is 9.10. The molecule has 0 aliphatic heterocycles. The summed E-state index contributed by atoms with van der Waals surface area (Å²) in [7, 11) is 0. The van der Waals surface area contributed by atoms with Gasteiger partial charge in [0.2, 0.25) is 0 Å². The fourth-order valence-electron chi connectivity index (χ4n) is 2.83. The van der Waals surface area contributed by atoms with Gasteiger partial charge < -0.3 is 10.6 Å². The number of rotatable bonds is 6. The second-order valence-electron chi connectivity index (χ2n) is 6.57. The van der Waals surface area contributed by atoms with Crippen LogP contribution in [-0.2, 0) is 6.54 Å². The molecule has 0 bridgehead atoms. The molecule has 2 aromatic heterocycles. The molecule has 0 aliphatic carbocycles. The van der Waals surface area contributed by atoms with Crippen molar-refractivity contribution in [3.05, 3.63) is 101 Å². The smallest absolute Gasteiger partial charge is 0.275 e. The SMILES string of the molecule is O=C(NCc1ccccc1)c1ccc(NC(=O)c2nc(-n3cnnc3)ccc2Br)cc1. The van der Waals surface area contributed by atoms with Crippen LogP contribution in [0.2, 0.25) is 0 Å². The number of carbonyl (C=O) groups is 2. The van der Waals surface area contributed by atoms with Crippen LogP contribution in [-0.4, -0.2) is 31.6 Å². The number of hydrogen-bond donors (Lipinski definition) is 2. The Hall–Kier alpha value is -3.85. The number of benzene rings is 2. The number of aromatic nitrogens is 4. The Labute approximate surface area is 186 Å². The molecule has 8 nitrogen and oxygen atoms in total. The summed E-state index contributed by atoms with van der Waals surface area (Å²) in [6.07, 6.45) is 3.00. The highest BCUT2D eigenvalue weighted by atomic mass is 79.9. The average Bonchev–Trinajstić information content (AvgIpc) is 3.34. The quantitative estimate of drug-likeness (QED) is 0.442. The van der Waals surface area contributed by atoms with Gasteiger partial charge in [-0.3, -0.25) is 14.2 Å². The molecule has 0 saturated heterocycles. The maximum Gasteiger partial charge on any atom is 0.275 e. The van der Waals surface area contributed by atoms with Gasteiger partial charge in [-0.2, -0.15) is 0 Å². The summed E-state index contributed by atoms with van der Waals surface area (Å²) in [5.41, 5.74) is 2.29. The van der Waals surface area contributed by atoms with Gasteiger partial charge in [0, 0.05) is 22.3 Å². The molecular weight excluding hydrogens is 460 g/mol. The van der Waals surface area contributed by atoms with E-state index in [1.807, 2.05) is 30.3 Å². The minimum absolute atomic E-state index is 0.187. The van der Waals surface area contributed by atoms with E-state index in [-0.39, 0.29) is 17.5 Å². The largest absolute Gasteiger partial charge is 0.348 e. The molecule has 31 heavy (non-hydrogen) atoms. The molecule has 2 amide bonds. The summed E-state index contributed by atoms with van der Waals surface area (Å²) in [4.78, 5) is 29.4. The minimum atomic E-state index is -0.386. The van der Waals surface area contributed by atoms with Crippen molar-refractivity contribution in [1.29, 1.82) is 0 Å². The number of hydrogen-bond acceptors (Lipinski definition) is 5. The van der Waals surface area contributed by atoms with Crippen LogP contribution < -0.4 is 10.6 Å². The van der Waals surface area contributed by atoms with E-state index in [1.54, 1.807) is 41.0 Å². The van der Waals surface area contributed by atoms with E-state index in [2.05, 4.69) is 41.7 Å². The van der Waals surface area contributed by atoms with E-state index in [0.29, 0.717) is 28.1 Å². The average molecular weight is 477 g/mol. The number of nitrogens with zero attached hydrogens (tertiary/aromatic N) is 4. The van der Waals surface area contributed by atoms with Crippen molar-refractivity contribution < 1.29 is 9.59 Å². The monoisotopic (exact) mass is 476 g/mol. The van der Waals surface area contributed by atoms with Crippen LogP contribution in [0.3, 0.4) is 0 Å². The summed E-state index contributed by atoms with van der Waals surface area (Å²) in [6, 6.07) is 19.8. The van der Waals surface area contributed by atoms with Crippen molar-refractivity contribution in [2.45, 2.75) is 6.54 Å². The molecule has 0 aliphatic rings. The van der Waals surface area contributed by atoms with Crippen molar-refractivity contribution in [2.75, 3.05) is 5.32 Å². The lowest BCUT2D eigenvalue weighted by Crippen LogP contribution is -2.22. The third kappa shape index (κ3) is 5.01. The van der Waals surface area contributed by atoms with Gasteiger partial charge >= 0.3 is 0 Å². The van der Waals surface area contributed by atoms with Gasteiger partial charge in [-0.1, -0.05) is 30.3 Å². The van der Waals surface area contributed by atoms with Gasteiger partial charge in [0.15, 0.2) is 0 Å². The number of carbonyl (C=O) groups excluding carboxylic acids is 2. The Morgan fingerprint density at radius 3 is 2.29 bits per heavy atom. The third-order valence-electron chi connectivity index (χ3n) is 4.43. The van der Waals surface area contributed by atoms with Crippen molar-refractivity contribution in [1.82, 2.24) is 25.1 Å². The summed E-state index contributed by atoms with van der Waals surface area (Å²) < 4.78 is 2.16. The molecule has 0 atom stereocenters. The predicted molar refractivity (Wildman–Crippen MR) is 119 cm³/mol. The van der Waals surface area contributed by atoms with Crippen LogP contribution in [0.4, 0.5) is 5.69 Å². The summed E-state index contributed by atoms with van der Waals surface area (Å²) >= 11 is 3.36. The Bertz CT molecular complexity index is 1190. The second-order valence-corrected chi connectivity index (χ2v) is 7.42. The Morgan fingerprint density at radius 2 is 1.58 bits per heavy atom. The fourth-order valence-corrected chi connectivity index (χ4v) is 3.23. The highest BCUT2D eigenvalue weighted by Gasteiger charge is 2.14. The topological polar surface area (TPSA) is 102 Å². The highest BCUT2D eigenvalue weighted by Crippen LogP contribution is 2.19. The molecule has 4 aromatic rings. The zero-order valence-electron chi connectivity index (χ0n) is 16.2. The molecule has 0 spiro atoms. The fraction of sp³-hybridized carbons (Fsp3) is 0.0455. The van der Waals surface area contributed by atoms with Crippen molar-refractivity contribution in [3.8, 4) is 5.82 Å². The maximum absolute atomic E-state index is 12.7. The van der Waals surface area contributed by atoms with Gasteiger partial charge in [-0.05, 0) is 57.9 Å². The lowest BCUT2D eigenvalue weighted by molar-refractivity contribution is 0.0950. The minimum Gasteiger partial charge on any atom is -0.348 e. The third-order valence-corrected chi connectivity index (χ3v) is 5.07. The lowest BCUT2D eigenvalue weighted by atomic mass is 10.1. The summed E-state index contributed by atoms with van der Waals surface area (Å²) in [5.74, 6) is -0.0559. The Morgan fingerprint density at radius 1 is 0.871 bits per heavy atom. The van der Waals surface area contributed by atoms with Gasteiger partial charge in [0.05, 0.1) is 0 Å². The van der Waals surface area contributed by atoms with Gasteiger partial charge in [-0.25, -0.2) is 4.98 Å². The van der Waals surface area contributed by atoms with Crippen molar-refractivity contribution >= 4 is 33.4 Å². The van der Waals surface area contributed by atoms with E-state index >= 15 is 0 Å². The number of nitrogens with one attached hydrogen (secondary N) is 2. The molecule has 2 aromatic carbocycles. The summed E-state index contributed by atoms with van der Waals surface area (Å²) in [6.45, 7) is 0.445. The van der Waals surface area contributed by atoms with Crippen LogP contribution in [0.1, 0.15) is 26.4 Å². The van der Waals surface area contributed by atoms with Gasteiger partial charge in [0.1, 0.15) is 24.2 Å². The molecule has 9 heteroatoms. The first kappa shape index (κ1) is 20.4. The molecular formula is C22H17BrN6O2. The van der Waals surface area contributed by atoms with Gasteiger partial charge in [-0.15, -0.1) is 10.2 Å². The van der Waals surface area contributed by atoms with E-state index in [0.717, 1.165) is 5.56 Å². The van der Waals surface area contributed by atoms with Gasteiger partial charge in [0.25, 0.3) is 11.8 Å². The maximum atomic E-state index is 12.7. The van der Waals surface area contributed by atoms with Crippen LogP contribution in [0.5, 0.6) is 0 Å². The van der Waals surface area contributed by atoms with E-state index in [9.17, 15) is 9.59 Å². The second kappa shape index (κ2) is 9.31. The zero-order valence-corrected chi connectivity index (χ0v) is 17.8. The van der Waals surface area contributed by atoms with Crippen molar-refractivity contribution in [3.63, 3.8) is 0 Å². The standard InChI is InChI=1S/C22H17BrN6O2/c23-18-10-11-19(29-13-25-26-14-29)28-20(18)22(31)27-17-8-6-16(7-9-17)21(30)24-12-15-4-2-1-3-5-15/h1-11,13-14H,12H2,(H,24,30)(H,27,31). The van der Waals surface area contributed by atoms with Crippen LogP contribution in [0.15, 0.2) is 83.9 Å². The molecule has 0 radical (unpaired) electrons. The molecule has 2 heterocycles. The van der Waals surface area contributed by atoms with E-state index in [1.165, 1.54) is 12.7 Å². The van der Waals surface area contributed by atoms with Crippen molar-refractivity contribution in [2.24, 2.45) is 0 Å². The number of pyridine rings is 1. The van der Waals surface area contributed by atoms with Crippen LogP contribution in [0, 0.1) is 0 Å².